The molecule has 1 atom stereocenters. The summed E-state index contributed by atoms with van der Waals surface area (Å²) in [5.41, 5.74) is 0.691. The average molecular weight is 210 g/mol. The van der Waals surface area contributed by atoms with Gasteiger partial charge in [0.25, 0.3) is 5.91 Å². The second kappa shape index (κ2) is 4.41. The summed E-state index contributed by atoms with van der Waals surface area (Å²) in [5.74, 6) is -0.129. The van der Waals surface area contributed by atoms with Crippen LogP contribution >= 0.6 is 0 Å². The largest absolute Gasteiger partial charge is 0.366 e. The molecule has 0 spiro atoms. The number of amides is 1. The van der Waals surface area contributed by atoms with Gasteiger partial charge in [0.1, 0.15) is 6.10 Å². The lowest BCUT2D eigenvalue weighted by Gasteiger charge is -2.22. The maximum absolute atomic E-state index is 11.7. The first kappa shape index (κ1) is 10.1. The Hall–Kier alpha value is -1.40. The van der Waals surface area contributed by atoms with Crippen LogP contribution in [-0.4, -0.2) is 41.5 Å². The number of carbonyl (C=O) groups excluding carboxylic acids is 1. The van der Waals surface area contributed by atoms with Crippen molar-refractivity contribution in [1.29, 1.82) is 0 Å². The first-order chi connectivity index (χ1) is 7.25. The van der Waals surface area contributed by atoms with Gasteiger partial charge < -0.3 is 15.4 Å². The minimum Gasteiger partial charge on any atom is -0.366 e. The van der Waals surface area contributed by atoms with Crippen LogP contribution in [0.3, 0.4) is 0 Å². The lowest BCUT2D eigenvalue weighted by atomic mass is 10.3. The molecule has 6 heteroatoms. The van der Waals surface area contributed by atoms with Crippen LogP contribution < -0.4 is 10.6 Å². The summed E-state index contributed by atoms with van der Waals surface area (Å²) < 4.78 is 6.95. The van der Waals surface area contributed by atoms with E-state index < -0.39 is 6.10 Å². The number of aryl methyl sites for hydroxylation is 1. The number of morpholine rings is 1. The van der Waals surface area contributed by atoms with Gasteiger partial charge in [-0.15, -0.1) is 0 Å². The zero-order valence-electron chi connectivity index (χ0n) is 8.56. The summed E-state index contributed by atoms with van der Waals surface area (Å²) in [5, 5.41) is 9.81. The van der Waals surface area contributed by atoms with Crippen LogP contribution in [0.15, 0.2) is 12.4 Å². The quantitative estimate of drug-likeness (QED) is 0.680. The lowest BCUT2D eigenvalue weighted by Crippen LogP contribution is -2.45. The third-order valence-corrected chi connectivity index (χ3v) is 2.19. The second-order valence-corrected chi connectivity index (χ2v) is 3.46. The van der Waals surface area contributed by atoms with Crippen LogP contribution in [0.4, 0.5) is 5.69 Å². The van der Waals surface area contributed by atoms with Crippen LogP contribution in [0.25, 0.3) is 0 Å². The van der Waals surface area contributed by atoms with Crippen LogP contribution in [0.2, 0.25) is 0 Å². The molecule has 1 aromatic rings. The highest BCUT2D eigenvalue weighted by atomic mass is 16.5. The number of aromatic nitrogens is 2. The fraction of sp³-hybridized carbons (Fsp3) is 0.556. The molecule has 2 heterocycles. The number of hydrogen-bond donors (Lipinski definition) is 2. The Morgan fingerprint density at radius 2 is 2.67 bits per heavy atom. The normalized spacial score (nSPS) is 21.3. The molecule has 0 aromatic carbocycles. The summed E-state index contributed by atoms with van der Waals surface area (Å²) in [6.07, 6.45) is 2.95. The molecule has 0 saturated carbocycles. The van der Waals surface area contributed by atoms with E-state index in [1.165, 1.54) is 0 Å². The van der Waals surface area contributed by atoms with E-state index in [0.717, 1.165) is 6.54 Å². The standard InChI is InChI=1S/C9H14N4O2/c1-13-6-7(4-11-13)12-9(14)8-5-10-2-3-15-8/h4,6,8,10H,2-3,5H2,1H3,(H,12,14). The molecule has 6 nitrogen and oxygen atoms in total. The third kappa shape index (κ3) is 2.54. The first-order valence-corrected chi connectivity index (χ1v) is 4.87. The molecule has 1 unspecified atom stereocenters. The highest BCUT2D eigenvalue weighted by molar-refractivity contribution is 5.94. The molecule has 0 aliphatic carbocycles. The van der Waals surface area contributed by atoms with Crippen molar-refractivity contribution in [2.75, 3.05) is 25.0 Å². The highest BCUT2D eigenvalue weighted by Gasteiger charge is 2.21. The Morgan fingerprint density at radius 1 is 1.80 bits per heavy atom. The van der Waals surface area contributed by atoms with Crippen molar-refractivity contribution in [2.24, 2.45) is 7.05 Å². The monoisotopic (exact) mass is 210 g/mol. The molecule has 1 aromatic heterocycles. The topological polar surface area (TPSA) is 68.2 Å². The predicted molar refractivity (Wildman–Crippen MR) is 54.4 cm³/mol. The van der Waals surface area contributed by atoms with Gasteiger partial charge in [-0.05, 0) is 0 Å². The minimum absolute atomic E-state index is 0.129. The van der Waals surface area contributed by atoms with E-state index in [1.807, 2.05) is 0 Å². The van der Waals surface area contributed by atoms with Crippen molar-refractivity contribution >= 4 is 11.6 Å². The van der Waals surface area contributed by atoms with Crippen molar-refractivity contribution in [3.63, 3.8) is 0 Å². The zero-order chi connectivity index (χ0) is 10.7. The van der Waals surface area contributed by atoms with Crippen molar-refractivity contribution in [1.82, 2.24) is 15.1 Å². The summed E-state index contributed by atoms with van der Waals surface area (Å²) in [7, 11) is 1.80. The number of hydrogen-bond acceptors (Lipinski definition) is 4. The Bertz CT molecular complexity index is 344. The second-order valence-electron chi connectivity index (χ2n) is 3.46. The first-order valence-electron chi connectivity index (χ1n) is 4.87. The number of nitrogens with zero attached hydrogens (tertiary/aromatic N) is 2. The zero-order valence-corrected chi connectivity index (χ0v) is 8.56. The molecular weight excluding hydrogens is 196 g/mol. The van der Waals surface area contributed by atoms with Crippen LogP contribution in [0.5, 0.6) is 0 Å². The van der Waals surface area contributed by atoms with Crippen molar-refractivity contribution < 1.29 is 9.53 Å². The van der Waals surface area contributed by atoms with E-state index in [0.29, 0.717) is 18.8 Å². The van der Waals surface area contributed by atoms with E-state index in [2.05, 4.69) is 15.7 Å². The number of ether oxygens (including phenoxy) is 1. The van der Waals surface area contributed by atoms with Gasteiger partial charge >= 0.3 is 0 Å². The van der Waals surface area contributed by atoms with Gasteiger partial charge in [-0.1, -0.05) is 0 Å². The highest BCUT2D eigenvalue weighted by Crippen LogP contribution is 2.06. The fourth-order valence-electron chi connectivity index (χ4n) is 1.44. The smallest absolute Gasteiger partial charge is 0.254 e. The van der Waals surface area contributed by atoms with Crippen molar-refractivity contribution in [3.05, 3.63) is 12.4 Å². The Morgan fingerprint density at radius 3 is 3.27 bits per heavy atom. The third-order valence-electron chi connectivity index (χ3n) is 2.19. The van der Waals surface area contributed by atoms with Gasteiger partial charge in [0, 0.05) is 26.3 Å². The molecule has 15 heavy (non-hydrogen) atoms. The number of anilines is 1. The molecule has 1 saturated heterocycles. The molecule has 82 valence electrons. The predicted octanol–water partition coefficient (Wildman–Crippen LogP) is -0.653. The van der Waals surface area contributed by atoms with Crippen LogP contribution in [0.1, 0.15) is 0 Å². The Kier molecular flexibility index (Phi) is 2.98. The fourth-order valence-corrected chi connectivity index (χ4v) is 1.44. The Balaban J connectivity index is 1.91. The summed E-state index contributed by atoms with van der Waals surface area (Å²) >= 11 is 0. The van der Waals surface area contributed by atoms with Crippen LogP contribution in [-0.2, 0) is 16.6 Å². The number of nitrogens with one attached hydrogen (secondary N) is 2. The molecule has 0 radical (unpaired) electrons. The van der Waals surface area contributed by atoms with Crippen molar-refractivity contribution in [2.45, 2.75) is 6.10 Å². The molecule has 1 aliphatic heterocycles. The molecule has 1 amide bonds. The van der Waals surface area contributed by atoms with E-state index >= 15 is 0 Å². The maximum Gasteiger partial charge on any atom is 0.254 e. The molecular formula is C9H14N4O2. The maximum atomic E-state index is 11.7. The van der Waals surface area contributed by atoms with Crippen molar-refractivity contribution in [3.8, 4) is 0 Å². The summed E-state index contributed by atoms with van der Waals surface area (Å²) in [6.45, 7) is 1.94. The SMILES string of the molecule is Cn1cc(NC(=O)C2CNCCO2)cn1. The lowest BCUT2D eigenvalue weighted by molar-refractivity contribution is -0.128. The molecule has 0 bridgehead atoms. The van der Waals surface area contributed by atoms with Gasteiger partial charge in [0.05, 0.1) is 18.5 Å². The van der Waals surface area contributed by atoms with Gasteiger partial charge in [-0.25, -0.2) is 0 Å². The van der Waals surface area contributed by atoms with E-state index in [1.54, 1.807) is 24.1 Å². The summed E-state index contributed by atoms with van der Waals surface area (Å²) in [6, 6.07) is 0. The van der Waals surface area contributed by atoms with E-state index in [-0.39, 0.29) is 5.91 Å². The molecule has 1 fully saturated rings. The van der Waals surface area contributed by atoms with Gasteiger partial charge in [0.15, 0.2) is 0 Å². The van der Waals surface area contributed by atoms with Gasteiger partial charge in [-0.2, -0.15) is 5.10 Å². The van der Waals surface area contributed by atoms with Gasteiger partial charge in [0.2, 0.25) is 0 Å². The van der Waals surface area contributed by atoms with Crippen LogP contribution in [0, 0.1) is 0 Å². The minimum atomic E-state index is -0.404. The molecule has 2 N–H and O–H groups in total. The van der Waals surface area contributed by atoms with Gasteiger partial charge in [-0.3, -0.25) is 9.48 Å². The molecule has 2 rings (SSSR count). The van der Waals surface area contributed by atoms with E-state index in [9.17, 15) is 4.79 Å². The molecule has 1 aliphatic rings. The Labute approximate surface area is 87.6 Å². The number of carbonyl (C=O) groups is 1. The van der Waals surface area contributed by atoms with E-state index in [4.69, 9.17) is 4.74 Å². The number of rotatable bonds is 2. The average Bonchev–Trinajstić information content (AvgIpc) is 2.65. The summed E-state index contributed by atoms with van der Waals surface area (Å²) in [4.78, 5) is 11.7.